The summed E-state index contributed by atoms with van der Waals surface area (Å²) in [6, 6.07) is 0. The largest absolute Gasteiger partial charge is 0.316 e. The van der Waals surface area contributed by atoms with E-state index in [9.17, 15) is 0 Å². The molecule has 1 aliphatic carbocycles. The average molecular weight is 182 g/mol. The van der Waals surface area contributed by atoms with Crippen LogP contribution in [0.15, 0.2) is 0 Å². The molecule has 1 atom stereocenters. The van der Waals surface area contributed by atoms with Gasteiger partial charge in [0, 0.05) is 12.5 Å². The topological polar surface area (TPSA) is 12.0 Å². The van der Waals surface area contributed by atoms with Crippen molar-refractivity contribution in [1.82, 2.24) is 5.32 Å². The Morgan fingerprint density at radius 2 is 2.20 bits per heavy atom. The van der Waals surface area contributed by atoms with Crippen LogP contribution in [0.5, 0.6) is 0 Å². The maximum atomic E-state index is 5.81. The van der Waals surface area contributed by atoms with Gasteiger partial charge in [0.05, 0.1) is 0 Å². The first-order valence-corrected chi connectivity index (χ1v) is 4.51. The average Bonchev–Trinajstić information content (AvgIpc) is 2.41. The summed E-state index contributed by atoms with van der Waals surface area (Å²) in [5, 5.41) is 3.28. The molecule has 0 heterocycles. The van der Waals surface area contributed by atoms with Gasteiger partial charge in [-0.1, -0.05) is 6.92 Å². The minimum Gasteiger partial charge on any atom is -0.316 e. The Balaban J connectivity index is 1.97. The summed E-state index contributed by atoms with van der Waals surface area (Å²) < 4.78 is -0.402. The summed E-state index contributed by atoms with van der Waals surface area (Å²) >= 11 is 11.6. The van der Waals surface area contributed by atoms with E-state index in [-0.39, 0.29) is 0 Å². The summed E-state index contributed by atoms with van der Waals surface area (Å²) in [6.45, 7) is 4.19. The van der Waals surface area contributed by atoms with Crippen molar-refractivity contribution in [2.24, 2.45) is 5.92 Å². The Kier molecular flexibility index (Phi) is 2.84. The van der Waals surface area contributed by atoms with Crippen LogP contribution in [0.25, 0.3) is 0 Å². The van der Waals surface area contributed by atoms with Gasteiger partial charge in [-0.05, 0) is 19.4 Å². The van der Waals surface area contributed by atoms with Gasteiger partial charge in [-0.2, -0.15) is 0 Å². The summed E-state index contributed by atoms with van der Waals surface area (Å²) in [6.07, 6.45) is 2.12. The van der Waals surface area contributed by atoms with E-state index >= 15 is 0 Å². The van der Waals surface area contributed by atoms with Crippen LogP contribution in [0.2, 0.25) is 0 Å². The molecule has 0 aromatic heterocycles. The Hall–Kier alpha value is 0.540. The summed E-state index contributed by atoms with van der Waals surface area (Å²) in [5.74, 6) is 0.488. The molecule has 0 bridgehead atoms. The van der Waals surface area contributed by atoms with Crippen molar-refractivity contribution in [1.29, 1.82) is 0 Å². The second-order valence-corrected chi connectivity index (χ2v) is 4.41. The molecule has 0 aromatic rings. The third-order valence-corrected chi connectivity index (χ3v) is 2.70. The van der Waals surface area contributed by atoms with Crippen LogP contribution in [0.4, 0.5) is 0 Å². The fraction of sp³-hybridized carbons (Fsp3) is 1.00. The zero-order valence-corrected chi connectivity index (χ0v) is 7.67. The van der Waals surface area contributed by atoms with E-state index in [1.54, 1.807) is 0 Å². The number of alkyl halides is 2. The van der Waals surface area contributed by atoms with Crippen LogP contribution < -0.4 is 5.32 Å². The van der Waals surface area contributed by atoms with Crippen molar-refractivity contribution in [3.8, 4) is 0 Å². The minimum absolute atomic E-state index is 0.402. The Labute approximate surface area is 72.1 Å². The molecule has 0 radical (unpaired) electrons. The molecule has 3 heteroatoms. The molecule has 1 fully saturated rings. The second-order valence-electron chi connectivity index (χ2n) is 2.87. The van der Waals surface area contributed by atoms with E-state index < -0.39 is 4.33 Å². The number of hydrogen-bond donors (Lipinski definition) is 1. The molecule has 0 aromatic carbocycles. The zero-order valence-electron chi connectivity index (χ0n) is 6.16. The predicted octanol–water partition coefficient (Wildman–Crippen LogP) is 2.18. The second kappa shape index (κ2) is 3.29. The van der Waals surface area contributed by atoms with Gasteiger partial charge in [-0.15, -0.1) is 23.2 Å². The summed E-state index contributed by atoms with van der Waals surface area (Å²) in [7, 11) is 0. The molecule has 1 rings (SSSR count). The number of rotatable bonds is 4. The number of nitrogens with one attached hydrogen (secondary N) is 1. The highest BCUT2D eigenvalue weighted by molar-refractivity contribution is 6.50. The lowest BCUT2D eigenvalue weighted by Gasteiger charge is -2.00. The molecule has 1 nitrogen and oxygen atoms in total. The van der Waals surface area contributed by atoms with Gasteiger partial charge in [0.25, 0.3) is 0 Å². The first-order chi connectivity index (χ1) is 4.67. The zero-order chi connectivity index (χ0) is 7.61. The first kappa shape index (κ1) is 8.63. The van der Waals surface area contributed by atoms with Crippen molar-refractivity contribution in [2.45, 2.75) is 24.1 Å². The van der Waals surface area contributed by atoms with Crippen molar-refractivity contribution in [3.63, 3.8) is 0 Å². The molecule has 1 unspecified atom stereocenters. The van der Waals surface area contributed by atoms with Gasteiger partial charge >= 0.3 is 0 Å². The smallest absolute Gasteiger partial charge is 0.122 e. The SMILES string of the molecule is CCCNCC1CC1(Cl)Cl. The monoisotopic (exact) mass is 181 g/mol. The highest BCUT2D eigenvalue weighted by atomic mass is 35.5. The van der Waals surface area contributed by atoms with E-state index in [1.807, 2.05) is 0 Å². The standard InChI is InChI=1S/C7H13Cl2N/c1-2-3-10-5-6-4-7(6,8)9/h6,10H,2-5H2,1H3. The third kappa shape index (κ3) is 2.30. The van der Waals surface area contributed by atoms with Crippen LogP contribution in [0.3, 0.4) is 0 Å². The lowest BCUT2D eigenvalue weighted by atomic mass is 10.4. The minimum atomic E-state index is -0.402. The molecule has 1 saturated carbocycles. The Bertz CT molecular complexity index is 114. The first-order valence-electron chi connectivity index (χ1n) is 3.75. The van der Waals surface area contributed by atoms with Gasteiger partial charge in [0.2, 0.25) is 0 Å². The van der Waals surface area contributed by atoms with Crippen LogP contribution in [0.1, 0.15) is 19.8 Å². The summed E-state index contributed by atoms with van der Waals surface area (Å²) in [5.41, 5.74) is 0. The fourth-order valence-electron chi connectivity index (χ4n) is 0.944. The molecule has 60 valence electrons. The van der Waals surface area contributed by atoms with E-state index in [2.05, 4.69) is 12.2 Å². The lowest BCUT2D eigenvalue weighted by Crippen LogP contribution is -2.19. The molecule has 10 heavy (non-hydrogen) atoms. The normalized spacial score (nSPS) is 28.5. The van der Waals surface area contributed by atoms with Crippen molar-refractivity contribution < 1.29 is 0 Å². The number of halogens is 2. The Morgan fingerprint density at radius 3 is 2.60 bits per heavy atom. The number of hydrogen-bond acceptors (Lipinski definition) is 1. The Morgan fingerprint density at radius 1 is 1.60 bits per heavy atom. The molecule has 0 spiro atoms. The fourth-order valence-corrected chi connectivity index (χ4v) is 1.47. The van der Waals surface area contributed by atoms with E-state index in [1.165, 1.54) is 6.42 Å². The van der Waals surface area contributed by atoms with Crippen molar-refractivity contribution in [3.05, 3.63) is 0 Å². The van der Waals surface area contributed by atoms with Crippen molar-refractivity contribution >= 4 is 23.2 Å². The van der Waals surface area contributed by atoms with Gasteiger partial charge in [0.15, 0.2) is 0 Å². The lowest BCUT2D eigenvalue weighted by molar-refractivity contribution is 0.626. The highest BCUT2D eigenvalue weighted by Crippen LogP contribution is 2.52. The van der Waals surface area contributed by atoms with E-state index in [4.69, 9.17) is 23.2 Å². The molecule has 0 saturated heterocycles. The molecular weight excluding hydrogens is 169 g/mol. The van der Waals surface area contributed by atoms with Crippen molar-refractivity contribution in [2.75, 3.05) is 13.1 Å². The van der Waals surface area contributed by atoms with Crippen LogP contribution in [-0.4, -0.2) is 17.4 Å². The third-order valence-electron chi connectivity index (χ3n) is 1.77. The predicted molar refractivity (Wildman–Crippen MR) is 45.7 cm³/mol. The van der Waals surface area contributed by atoms with E-state index in [0.717, 1.165) is 19.5 Å². The molecule has 1 aliphatic rings. The molecule has 0 aliphatic heterocycles. The maximum absolute atomic E-state index is 5.81. The molecule has 0 amide bonds. The van der Waals surface area contributed by atoms with Gasteiger partial charge in [-0.3, -0.25) is 0 Å². The molecular formula is C7H13Cl2N. The summed E-state index contributed by atoms with van der Waals surface area (Å²) in [4.78, 5) is 0. The van der Waals surface area contributed by atoms with Gasteiger partial charge < -0.3 is 5.32 Å². The van der Waals surface area contributed by atoms with Crippen LogP contribution in [-0.2, 0) is 0 Å². The maximum Gasteiger partial charge on any atom is 0.122 e. The highest BCUT2D eigenvalue weighted by Gasteiger charge is 2.50. The van der Waals surface area contributed by atoms with Crippen LogP contribution >= 0.6 is 23.2 Å². The quantitative estimate of drug-likeness (QED) is 0.519. The van der Waals surface area contributed by atoms with E-state index in [0.29, 0.717) is 5.92 Å². The molecule has 1 N–H and O–H groups in total. The van der Waals surface area contributed by atoms with Crippen LogP contribution in [0, 0.1) is 5.92 Å². The van der Waals surface area contributed by atoms with Gasteiger partial charge in [0.1, 0.15) is 4.33 Å². The van der Waals surface area contributed by atoms with Gasteiger partial charge in [-0.25, -0.2) is 0 Å².